The molecule has 0 bridgehead atoms. The molecule has 1 aliphatic rings. The van der Waals surface area contributed by atoms with Gasteiger partial charge in [0.1, 0.15) is 11.4 Å². The van der Waals surface area contributed by atoms with Crippen LogP contribution in [0.25, 0.3) is 15.9 Å². The molecule has 4 aromatic rings. The molecule has 0 radical (unpaired) electrons. The molecule has 2 aromatic heterocycles. The number of nitrogens with zero attached hydrogens (tertiary/aromatic N) is 2. The van der Waals surface area contributed by atoms with Gasteiger partial charge in [-0.15, -0.1) is 11.3 Å². The molecule has 0 unspecified atom stereocenters. The van der Waals surface area contributed by atoms with Crippen LogP contribution < -0.4 is 26.0 Å². The third-order valence-electron chi connectivity index (χ3n) is 5.24. The molecule has 0 saturated carbocycles. The Kier molecular flexibility index (Phi) is 5.43. The fourth-order valence-corrected chi connectivity index (χ4v) is 4.94. The van der Waals surface area contributed by atoms with Gasteiger partial charge in [0, 0.05) is 21.7 Å². The smallest absolute Gasteiger partial charge is 0.337 e. The van der Waals surface area contributed by atoms with Crippen molar-refractivity contribution in [2.45, 2.75) is 19.9 Å². The summed E-state index contributed by atoms with van der Waals surface area (Å²) in [6.07, 6.45) is 0.702. The van der Waals surface area contributed by atoms with Crippen molar-refractivity contribution in [2.24, 2.45) is 0 Å². The van der Waals surface area contributed by atoms with Gasteiger partial charge in [0.25, 0.3) is 5.56 Å². The quantitative estimate of drug-likeness (QED) is 0.466. The van der Waals surface area contributed by atoms with Gasteiger partial charge in [0.15, 0.2) is 11.5 Å². The maximum absolute atomic E-state index is 13.4. The largest absolute Gasteiger partial charge is 0.454 e. The van der Waals surface area contributed by atoms with Crippen molar-refractivity contribution >= 4 is 44.7 Å². The van der Waals surface area contributed by atoms with Gasteiger partial charge in [0.05, 0.1) is 11.1 Å². The molecule has 1 aliphatic heterocycles. The summed E-state index contributed by atoms with van der Waals surface area (Å²) in [5.74, 6) is 0.720. The first-order valence-corrected chi connectivity index (χ1v) is 11.4. The fraction of sp³-hybridized carbons (Fsp3) is 0.174. The molecule has 2 aromatic carbocycles. The van der Waals surface area contributed by atoms with Crippen LogP contribution in [0.15, 0.2) is 58.1 Å². The minimum absolute atomic E-state index is 0.128. The van der Waals surface area contributed by atoms with E-state index in [1.165, 1.54) is 15.9 Å². The zero-order valence-electron chi connectivity index (χ0n) is 17.5. The molecule has 0 fully saturated rings. The average molecular weight is 484 g/mol. The van der Waals surface area contributed by atoms with Crippen molar-refractivity contribution in [3.05, 3.63) is 79.3 Å². The van der Waals surface area contributed by atoms with Crippen molar-refractivity contribution in [1.82, 2.24) is 9.13 Å². The number of amides is 1. The van der Waals surface area contributed by atoms with Crippen LogP contribution in [0.2, 0.25) is 5.02 Å². The monoisotopic (exact) mass is 483 g/mol. The number of fused-ring (bicyclic) bond motifs is 2. The Morgan fingerprint density at radius 2 is 1.94 bits per heavy atom. The Labute approximate surface area is 196 Å². The topological polar surface area (TPSA) is 91.6 Å². The van der Waals surface area contributed by atoms with Crippen LogP contribution in [0.3, 0.4) is 0 Å². The number of thiophene rings is 1. The van der Waals surface area contributed by atoms with E-state index >= 15 is 0 Å². The lowest BCUT2D eigenvalue weighted by Crippen LogP contribution is -2.40. The number of carbonyl (C=O) groups is 1. The molecule has 1 N–H and O–H groups in total. The molecule has 8 nitrogen and oxygen atoms in total. The molecule has 33 heavy (non-hydrogen) atoms. The van der Waals surface area contributed by atoms with E-state index in [0.29, 0.717) is 44.5 Å². The van der Waals surface area contributed by atoms with Crippen LogP contribution in [-0.4, -0.2) is 21.8 Å². The maximum Gasteiger partial charge on any atom is 0.337 e. The molecule has 0 saturated heterocycles. The zero-order chi connectivity index (χ0) is 23.1. The average Bonchev–Trinajstić information content (AvgIpc) is 3.43. The van der Waals surface area contributed by atoms with Crippen LogP contribution in [0, 0.1) is 0 Å². The lowest BCUT2D eigenvalue weighted by molar-refractivity contribution is -0.116. The number of ether oxygens (including phenoxy) is 2. The van der Waals surface area contributed by atoms with Gasteiger partial charge in [-0.3, -0.25) is 14.2 Å². The highest BCUT2D eigenvalue weighted by molar-refractivity contribution is 7.18. The summed E-state index contributed by atoms with van der Waals surface area (Å²) in [6, 6.07) is 13.3. The molecule has 3 heterocycles. The summed E-state index contributed by atoms with van der Waals surface area (Å²) in [5.41, 5.74) is -0.202. The second kappa shape index (κ2) is 8.42. The standard InChI is InChI=1S/C23H18ClN3O5S/c1-2-16-10-17-21(29)27(15-5-3-4-13(24)8-15)23(30)26(22(17)33-16)11-20(28)25-14-6-7-18-19(9-14)32-12-31-18/h3-10H,2,11-12H2,1H3,(H,25,28). The van der Waals surface area contributed by atoms with Gasteiger partial charge in [-0.05, 0) is 42.8 Å². The number of aryl methyl sites for hydroxylation is 1. The molecule has 10 heteroatoms. The van der Waals surface area contributed by atoms with Crippen molar-refractivity contribution < 1.29 is 14.3 Å². The van der Waals surface area contributed by atoms with Crippen molar-refractivity contribution in [1.29, 1.82) is 0 Å². The first-order valence-electron chi connectivity index (χ1n) is 10.2. The Morgan fingerprint density at radius 1 is 1.12 bits per heavy atom. The summed E-state index contributed by atoms with van der Waals surface area (Å²) in [4.78, 5) is 40.9. The van der Waals surface area contributed by atoms with E-state index in [4.69, 9.17) is 21.1 Å². The molecule has 5 rings (SSSR count). The van der Waals surface area contributed by atoms with Crippen molar-refractivity contribution in [2.75, 3.05) is 12.1 Å². The third kappa shape index (κ3) is 3.90. The number of nitrogens with one attached hydrogen (secondary N) is 1. The first-order chi connectivity index (χ1) is 15.9. The van der Waals surface area contributed by atoms with Crippen LogP contribution >= 0.6 is 22.9 Å². The summed E-state index contributed by atoms with van der Waals surface area (Å²) in [7, 11) is 0. The predicted molar refractivity (Wildman–Crippen MR) is 127 cm³/mol. The van der Waals surface area contributed by atoms with Crippen LogP contribution in [0.1, 0.15) is 11.8 Å². The van der Waals surface area contributed by atoms with E-state index in [1.807, 2.05) is 6.92 Å². The van der Waals surface area contributed by atoms with E-state index < -0.39 is 17.2 Å². The first kappa shape index (κ1) is 21.3. The van der Waals surface area contributed by atoms with Gasteiger partial charge in [-0.25, -0.2) is 9.36 Å². The normalized spacial score (nSPS) is 12.3. The Hall–Kier alpha value is -3.56. The van der Waals surface area contributed by atoms with E-state index in [1.54, 1.807) is 48.5 Å². The van der Waals surface area contributed by atoms with Gasteiger partial charge in [0.2, 0.25) is 12.7 Å². The van der Waals surface area contributed by atoms with E-state index in [9.17, 15) is 14.4 Å². The number of anilines is 1. The predicted octanol–water partition coefficient (Wildman–Crippen LogP) is 3.80. The molecule has 0 atom stereocenters. The van der Waals surface area contributed by atoms with Gasteiger partial charge in [-0.2, -0.15) is 0 Å². The van der Waals surface area contributed by atoms with Crippen LogP contribution in [0.4, 0.5) is 5.69 Å². The Bertz CT molecular complexity index is 1520. The highest BCUT2D eigenvalue weighted by Gasteiger charge is 2.20. The zero-order valence-corrected chi connectivity index (χ0v) is 19.0. The summed E-state index contributed by atoms with van der Waals surface area (Å²) < 4.78 is 13.0. The molecule has 168 valence electrons. The number of carbonyl (C=O) groups excluding carboxylic acids is 1. The fourth-order valence-electron chi connectivity index (χ4n) is 3.67. The van der Waals surface area contributed by atoms with E-state index in [0.717, 1.165) is 9.44 Å². The van der Waals surface area contributed by atoms with E-state index in [2.05, 4.69) is 5.32 Å². The molecule has 1 amide bonds. The summed E-state index contributed by atoms with van der Waals surface area (Å²) in [5, 5.41) is 3.55. The molecule has 0 spiro atoms. The van der Waals surface area contributed by atoms with Crippen LogP contribution in [0.5, 0.6) is 11.5 Å². The number of rotatable bonds is 5. The third-order valence-corrected chi connectivity index (χ3v) is 6.77. The van der Waals surface area contributed by atoms with E-state index in [-0.39, 0.29) is 13.3 Å². The van der Waals surface area contributed by atoms with Gasteiger partial charge < -0.3 is 14.8 Å². The minimum Gasteiger partial charge on any atom is -0.454 e. The van der Waals surface area contributed by atoms with Crippen molar-refractivity contribution in [3.8, 4) is 17.2 Å². The summed E-state index contributed by atoms with van der Waals surface area (Å²) in [6.45, 7) is 1.83. The van der Waals surface area contributed by atoms with Gasteiger partial charge in [-0.1, -0.05) is 24.6 Å². The summed E-state index contributed by atoms with van der Waals surface area (Å²) >= 11 is 7.42. The SMILES string of the molecule is CCc1cc2c(=O)n(-c3cccc(Cl)c3)c(=O)n(CC(=O)Nc3ccc4c(c3)OCO4)c2s1. The molecular weight excluding hydrogens is 466 g/mol. The Morgan fingerprint density at radius 3 is 2.73 bits per heavy atom. The molecule has 0 aliphatic carbocycles. The second-order valence-corrected chi connectivity index (χ2v) is 8.94. The van der Waals surface area contributed by atoms with Crippen molar-refractivity contribution in [3.63, 3.8) is 0 Å². The lowest BCUT2D eigenvalue weighted by Gasteiger charge is -2.12. The lowest BCUT2D eigenvalue weighted by atomic mass is 10.2. The number of hydrogen-bond acceptors (Lipinski definition) is 6. The molecular formula is C23H18ClN3O5S. The highest BCUT2D eigenvalue weighted by atomic mass is 35.5. The minimum atomic E-state index is -0.611. The highest BCUT2D eigenvalue weighted by Crippen LogP contribution is 2.34. The number of halogens is 1. The number of benzene rings is 2. The number of hydrogen-bond donors (Lipinski definition) is 1. The van der Waals surface area contributed by atoms with Crippen LogP contribution in [-0.2, 0) is 17.8 Å². The second-order valence-electron chi connectivity index (χ2n) is 7.39. The maximum atomic E-state index is 13.4. The van der Waals surface area contributed by atoms with Gasteiger partial charge >= 0.3 is 5.69 Å². The number of aromatic nitrogens is 2. The Balaban J connectivity index is 1.58.